The Morgan fingerprint density at radius 1 is 1.35 bits per heavy atom. The number of nitrogens with zero attached hydrogens (tertiary/aromatic N) is 1. The molecule has 0 spiro atoms. The number of likely N-dealkylation sites (tertiary alicyclic amines) is 1. The molecule has 1 aromatic carbocycles. The molecule has 112 valence electrons. The summed E-state index contributed by atoms with van der Waals surface area (Å²) in [6.07, 6.45) is 2.41. The normalized spacial score (nSPS) is 21.1. The van der Waals surface area contributed by atoms with Gasteiger partial charge < -0.3 is 15.0 Å². The second-order valence-corrected chi connectivity index (χ2v) is 5.66. The fourth-order valence-corrected chi connectivity index (χ4v) is 3.10. The summed E-state index contributed by atoms with van der Waals surface area (Å²) in [7, 11) is 1.75. The Labute approximate surface area is 123 Å². The van der Waals surface area contributed by atoms with Crippen molar-refractivity contribution in [2.75, 3.05) is 33.3 Å². The molecule has 0 bridgehead atoms. The van der Waals surface area contributed by atoms with E-state index in [1.165, 1.54) is 31.6 Å². The van der Waals surface area contributed by atoms with E-state index in [0.717, 1.165) is 24.6 Å². The van der Waals surface area contributed by atoms with E-state index in [0.29, 0.717) is 6.04 Å². The van der Waals surface area contributed by atoms with Gasteiger partial charge in [0.1, 0.15) is 5.75 Å². The summed E-state index contributed by atoms with van der Waals surface area (Å²) >= 11 is 0. The fraction of sp³-hybridized carbons (Fsp3) is 0.647. The van der Waals surface area contributed by atoms with Crippen LogP contribution in [0.3, 0.4) is 0 Å². The van der Waals surface area contributed by atoms with E-state index in [1.807, 2.05) is 12.1 Å². The van der Waals surface area contributed by atoms with Crippen LogP contribution in [0.4, 0.5) is 0 Å². The van der Waals surface area contributed by atoms with Crippen LogP contribution in [0, 0.1) is 5.92 Å². The van der Waals surface area contributed by atoms with Crippen molar-refractivity contribution in [2.24, 2.45) is 5.92 Å². The number of benzene rings is 1. The van der Waals surface area contributed by atoms with Crippen molar-refractivity contribution in [3.05, 3.63) is 29.8 Å². The zero-order chi connectivity index (χ0) is 14.4. The Hall–Kier alpha value is -1.06. The standard InChI is InChI=1S/C17H28N2O/c1-4-16(15-8-6-7-9-17(15)20-3)18-12-14-10-11-19(5-2)13-14/h6-9,14,16,18H,4-5,10-13H2,1-3H3. The molecule has 1 heterocycles. The zero-order valence-electron chi connectivity index (χ0n) is 13.1. The molecule has 3 heteroatoms. The highest BCUT2D eigenvalue weighted by Gasteiger charge is 2.22. The lowest BCUT2D eigenvalue weighted by Crippen LogP contribution is -2.29. The molecule has 0 amide bonds. The van der Waals surface area contributed by atoms with Crippen molar-refractivity contribution in [1.82, 2.24) is 10.2 Å². The van der Waals surface area contributed by atoms with Gasteiger partial charge in [-0.1, -0.05) is 32.0 Å². The average Bonchev–Trinajstić information content (AvgIpc) is 2.96. The van der Waals surface area contributed by atoms with Gasteiger partial charge in [0.2, 0.25) is 0 Å². The molecule has 1 saturated heterocycles. The Morgan fingerprint density at radius 3 is 2.80 bits per heavy atom. The number of nitrogens with one attached hydrogen (secondary N) is 1. The molecule has 0 radical (unpaired) electrons. The van der Waals surface area contributed by atoms with Crippen molar-refractivity contribution in [3.63, 3.8) is 0 Å². The maximum atomic E-state index is 5.49. The number of ether oxygens (including phenoxy) is 1. The highest BCUT2D eigenvalue weighted by atomic mass is 16.5. The molecule has 0 saturated carbocycles. The van der Waals surface area contributed by atoms with Gasteiger partial charge in [0.15, 0.2) is 0 Å². The lowest BCUT2D eigenvalue weighted by molar-refractivity contribution is 0.333. The number of rotatable bonds is 7. The first-order valence-corrected chi connectivity index (χ1v) is 7.87. The van der Waals surface area contributed by atoms with Crippen LogP contribution < -0.4 is 10.1 Å². The number of methoxy groups -OCH3 is 1. The Bertz CT molecular complexity index is 408. The minimum atomic E-state index is 0.391. The van der Waals surface area contributed by atoms with E-state index in [1.54, 1.807) is 7.11 Å². The Balaban J connectivity index is 1.92. The number of hydrogen-bond acceptors (Lipinski definition) is 3. The molecule has 1 fully saturated rings. The molecule has 2 atom stereocenters. The summed E-state index contributed by atoms with van der Waals surface area (Å²) < 4.78 is 5.49. The lowest BCUT2D eigenvalue weighted by Gasteiger charge is -2.22. The molecule has 0 aliphatic carbocycles. The van der Waals surface area contributed by atoms with Crippen molar-refractivity contribution < 1.29 is 4.74 Å². The zero-order valence-corrected chi connectivity index (χ0v) is 13.1. The van der Waals surface area contributed by atoms with E-state index < -0.39 is 0 Å². The summed E-state index contributed by atoms with van der Waals surface area (Å²) in [5.74, 6) is 1.78. The molecule has 1 aromatic rings. The molecule has 20 heavy (non-hydrogen) atoms. The Kier molecular flexibility index (Phi) is 5.86. The second-order valence-electron chi connectivity index (χ2n) is 5.66. The predicted octanol–water partition coefficient (Wildman–Crippen LogP) is 3.08. The molecule has 2 rings (SSSR count). The molecular weight excluding hydrogens is 248 g/mol. The molecule has 2 unspecified atom stereocenters. The third-order valence-corrected chi connectivity index (χ3v) is 4.39. The van der Waals surface area contributed by atoms with Gasteiger partial charge in [-0.25, -0.2) is 0 Å². The lowest BCUT2D eigenvalue weighted by atomic mass is 10.0. The average molecular weight is 276 g/mol. The van der Waals surface area contributed by atoms with Crippen LogP contribution in [0.2, 0.25) is 0 Å². The van der Waals surface area contributed by atoms with Gasteiger partial charge in [0, 0.05) is 18.2 Å². The summed E-state index contributed by atoms with van der Waals surface area (Å²) in [6, 6.07) is 8.74. The molecule has 1 N–H and O–H groups in total. The fourth-order valence-electron chi connectivity index (χ4n) is 3.10. The minimum absolute atomic E-state index is 0.391. The molecule has 1 aliphatic heterocycles. The van der Waals surface area contributed by atoms with Crippen LogP contribution >= 0.6 is 0 Å². The summed E-state index contributed by atoms with van der Waals surface area (Å²) in [4.78, 5) is 2.54. The van der Waals surface area contributed by atoms with Gasteiger partial charge in [0.25, 0.3) is 0 Å². The maximum Gasteiger partial charge on any atom is 0.123 e. The van der Waals surface area contributed by atoms with Gasteiger partial charge in [-0.3, -0.25) is 0 Å². The first kappa shape index (κ1) is 15.3. The van der Waals surface area contributed by atoms with Crippen molar-refractivity contribution in [1.29, 1.82) is 0 Å². The van der Waals surface area contributed by atoms with E-state index in [-0.39, 0.29) is 0 Å². The third kappa shape index (κ3) is 3.74. The highest BCUT2D eigenvalue weighted by molar-refractivity contribution is 5.35. The topological polar surface area (TPSA) is 24.5 Å². The molecular formula is C17H28N2O. The molecule has 3 nitrogen and oxygen atoms in total. The van der Waals surface area contributed by atoms with Gasteiger partial charge in [-0.15, -0.1) is 0 Å². The summed E-state index contributed by atoms with van der Waals surface area (Å²) in [5.41, 5.74) is 1.28. The first-order valence-electron chi connectivity index (χ1n) is 7.87. The van der Waals surface area contributed by atoms with Gasteiger partial charge in [-0.2, -0.15) is 0 Å². The summed E-state index contributed by atoms with van der Waals surface area (Å²) in [5, 5.41) is 3.74. The van der Waals surface area contributed by atoms with E-state index in [4.69, 9.17) is 4.74 Å². The quantitative estimate of drug-likeness (QED) is 0.828. The van der Waals surface area contributed by atoms with Crippen LogP contribution in [0.5, 0.6) is 5.75 Å². The van der Waals surface area contributed by atoms with Gasteiger partial charge >= 0.3 is 0 Å². The number of hydrogen-bond donors (Lipinski definition) is 1. The van der Waals surface area contributed by atoms with Crippen LogP contribution in [0.1, 0.15) is 38.3 Å². The second kappa shape index (κ2) is 7.65. The third-order valence-electron chi connectivity index (χ3n) is 4.39. The van der Waals surface area contributed by atoms with Crippen LogP contribution in [-0.2, 0) is 0 Å². The minimum Gasteiger partial charge on any atom is -0.496 e. The van der Waals surface area contributed by atoms with E-state index in [2.05, 4.69) is 36.2 Å². The smallest absolute Gasteiger partial charge is 0.123 e. The molecule has 1 aliphatic rings. The largest absolute Gasteiger partial charge is 0.496 e. The van der Waals surface area contributed by atoms with E-state index >= 15 is 0 Å². The molecule has 0 aromatic heterocycles. The predicted molar refractivity (Wildman–Crippen MR) is 84.2 cm³/mol. The van der Waals surface area contributed by atoms with E-state index in [9.17, 15) is 0 Å². The van der Waals surface area contributed by atoms with Crippen molar-refractivity contribution >= 4 is 0 Å². The van der Waals surface area contributed by atoms with Crippen LogP contribution in [0.15, 0.2) is 24.3 Å². The van der Waals surface area contributed by atoms with Crippen LogP contribution in [0.25, 0.3) is 0 Å². The van der Waals surface area contributed by atoms with Crippen molar-refractivity contribution in [3.8, 4) is 5.75 Å². The monoisotopic (exact) mass is 276 g/mol. The highest BCUT2D eigenvalue weighted by Crippen LogP contribution is 2.27. The Morgan fingerprint density at radius 2 is 2.15 bits per heavy atom. The van der Waals surface area contributed by atoms with Gasteiger partial charge in [-0.05, 0) is 44.5 Å². The first-order chi connectivity index (χ1) is 9.78. The maximum absolute atomic E-state index is 5.49. The van der Waals surface area contributed by atoms with Crippen molar-refractivity contribution in [2.45, 2.75) is 32.7 Å². The van der Waals surface area contributed by atoms with Gasteiger partial charge in [0.05, 0.1) is 7.11 Å². The van der Waals surface area contributed by atoms with Crippen LogP contribution in [-0.4, -0.2) is 38.2 Å². The SMILES string of the molecule is CCC(NCC1CCN(CC)C1)c1ccccc1OC. The number of para-hydroxylation sites is 1. The summed E-state index contributed by atoms with van der Waals surface area (Å²) in [6.45, 7) is 9.27.